The van der Waals surface area contributed by atoms with Crippen molar-refractivity contribution in [3.8, 4) is 11.3 Å². The summed E-state index contributed by atoms with van der Waals surface area (Å²) in [5, 5.41) is 6.02. The topological polar surface area (TPSA) is 110 Å². The lowest BCUT2D eigenvalue weighted by Crippen LogP contribution is -2.24. The number of carbonyl (C=O) groups excluding carboxylic acids is 2. The highest BCUT2D eigenvalue weighted by atomic mass is 35.5. The molecule has 3 rings (SSSR count). The normalized spacial score (nSPS) is 10.4. The van der Waals surface area contributed by atoms with Gasteiger partial charge >= 0.3 is 0 Å². The van der Waals surface area contributed by atoms with Gasteiger partial charge in [0.2, 0.25) is 5.91 Å². The van der Waals surface area contributed by atoms with Crippen LogP contribution in [-0.4, -0.2) is 28.8 Å². The Balaban J connectivity index is 1.69. The van der Waals surface area contributed by atoms with Crippen LogP contribution in [0.2, 0.25) is 5.02 Å². The smallest absolute Gasteiger partial charge is 0.273 e. The fourth-order valence-corrected chi connectivity index (χ4v) is 2.84. The monoisotopic (exact) mass is 409 g/mol. The molecule has 2 amide bonds. The molecule has 2 aromatic carbocycles. The van der Waals surface area contributed by atoms with Crippen molar-refractivity contribution < 1.29 is 9.59 Å². The van der Waals surface area contributed by atoms with Gasteiger partial charge in [0.15, 0.2) is 11.5 Å². The van der Waals surface area contributed by atoms with Crippen molar-refractivity contribution in [1.29, 1.82) is 0 Å². The van der Waals surface area contributed by atoms with E-state index < -0.39 is 5.91 Å². The molecule has 0 atom stereocenters. The highest BCUT2D eigenvalue weighted by Gasteiger charge is 2.13. The van der Waals surface area contributed by atoms with E-state index >= 15 is 0 Å². The summed E-state index contributed by atoms with van der Waals surface area (Å²) in [5.41, 5.74) is 8.89. The maximum atomic E-state index is 12.2. The Morgan fingerprint density at radius 2 is 1.86 bits per heavy atom. The van der Waals surface area contributed by atoms with E-state index in [1.807, 2.05) is 36.4 Å². The first kappa shape index (κ1) is 20.3. The Labute approximate surface area is 173 Å². The van der Waals surface area contributed by atoms with E-state index in [2.05, 4.69) is 20.6 Å². The number of aromatic nitrogens is 2. The van der Waals surface area contributed by atoms with Crippen LogP contribution in [0.25, 0.3) is 11.3 Å². The van der Waals surface area contributed by atoms with Crippen LogP contribution in [0.5, 0.6) is 0 Å². The second kappa shape index (κ2) is 9.16. The highest BCUT2D eigenvalue weighted by Crippen LogP contribution is 2.20. The second-order valence-corrected chi connectivity index (χ2v) is 6.79. The molecule has 4 N–H and O–H groups in total. The Hall–Kier alpha value is -3.45. The molecule has 0 aliphatic carbocycles. The van der Waals surface area contributed by atoms with Gasteiger partial charge < -0.3 is 16.4 Å². The van der Waals surface area contributed by atoms with Gasteiger partial charge in [0.1, 0.15) is 0 Å². The van der Waals surface area contributed by atoms with Crippen LogP contribution in [-0.2, 0) is 17.8 Å². The zero-order chi connectivity index (χ0) is 20.8. The Morgan fingerprint density at radius 3 is 2.59 bits per heavy atom. The molecule has 29 heavy (non-hydrogen) atoms. The number of carbonyl (C=O) groups is 2. The minimum absolute atomic E-state index is 0.0683. The molecule has 1 heterocycles. The van der Waals surface area contributed by atoms with Crippen molar-refractivity contribution >= 4 is 29.2 Å². The summed E-state index contributed by atoms with van der Waals surface area (Å²) < 4.78 is 0. The molecule has 0 spiro atoms. The minimum atomic E-state index is -0.400. The largest absolute Gasteiger partial charge is 0.382 e. The number of amides is 2. The maximum absolute atomic E-state index is 12.2. The summed E-state index contributed by atoms with van der Waals surface area (Å²) in [6.45, 7) is 0.366. The van der Waals surface area contributed by atoms with Crippen LogP contribution >= 0.6 is 11.6 Å². The summed E-state index contributed by atoms with van der Waals surface area (Å²) in [5.74, 6) is -0.423. The molecule has 0 aliphatic heterocycles. The predicted octanol–water partition coefficient (Wildman–Crippen LogP) is 2.60. The first-order valence-corrected chi connectivity index (χ1v) is 9.29. The van der Waals surface area contributed by atoms with E-state index in [1.165, 1.54) is 13.2 Å². The fraction of sp³-hybridized carbons (Fsp3) is 0.143. The molecule has 0 fully saturated rings. The van der Waals surface area contributed by atoms with Gasteiger partial charge in [-0.15, -0.1) is 0 Å². The Morgan fingerprint density at radius 1 is 1.10 bits per heavy atom. The van der Waals surface area contributed by atoms with Gasteiger partial charge in [0.25, 0.3) is 5.91 Å². The van der Waals surface area contributed by atoms with E-state index in [0.717, 1.165) is 16.7 Å². The summed E-state index contributed by atoms with van der Waals surface area (Å²) >= 11 is 5.86. The van der Waals surface area contributed by atoms with E-state index in [-0.39, 0.29) is 23.8 Å². The zero-order valence-corrected chi connectivity index (χ0v) is 16.5. The van der Waals surface area contributed by atoms with Gasteiger partial charge in [-0.2, -0.15) is 0 Å². The van der Waals surface area contributed by atoms with Gasteiger partial charge in [0, 0.05) is 24.2 Å². The van der Waals surface area contributed by atoms with Gasteiger partial charge in [0.05, 0.1) is 18.3 Å². The first-order chi connectivity index (χ1) is 14.0. The average Bonchev–Trinajstić information content (AvgIpc) is 2.74. The molecule has 0 bridgehead atoms. The molecule has 0 saturated heterocycles. The van der Waals surface area contributed by atoms with Crippen LogP contribution in [0.4, 0.5) is 5.82 Å². The molecule has 0 saturated carbocycles. The molecule has 8 heteroatoms. The third-order valence-electron chi connectivity index (χ3n) is 4.23. The van der Waals surface area contributed by atoms with E-state index in [4.69, 9.17) is 17.3 Å². The standard InChI is InChI=1S/C21H20ClN5O2/c1-24-21(29)19-20(23)26-12-17(27-19)15-4-2-3-14(9-15)11-25-18(28)10-13-5-7-16(22)8-6-13/h2-9,12H,10-11H2,1H3,(H2,23,26)(H,24,29)(H,25,28). The van der Waals surface area contributed by atoms with Crippen LogP contribution in [0.1, 0.15) is 21.6 Å². The summed E-state index contributed by atoms with van der Waals surface area (Å²) in [4.78, 5) is 32.4. The average molecular weight is 410 g/mol. The molecular formula is C21H20ClN5O2. The van der Waals surface area contributed by atoms with E-state index in [1.54, 1.807) is 12.1 Å². The van der Waals surface area contributed by atoms with Crippen LogP contribution in [0, 0.1) is 0 Å². The van der Waals surface area contributed by atoms with E-state index in [0.29, 0.717) is 17.3 Å². The minimum Gasteiger partial charge on any atom is -0.382 e. The Kier molecular flexibility index (Phi) is 6.41. The molecule has 0 aliphatic rings. The summed E-state index contributed by atoms with van der Waals surface area (Å²) in [7, 11) is 1.50. The third-order valence-corrected chi connectivity index (χ3v) is 4.49. The Bertz CT molecular complexity index is 1040. The second-order valence-electron chi connectivity index (χ2n) is 6.35. The number of nitrogens with one attached hydrogen (secondary N) is 2. The third kappa shape index (κ3) is 5.30. The van der Waals surface area contributed by atoms with Crippen molar-refractivity contribution in [1.82, 2.24) is 20.6 Å². The first-order valence-electron chi connectivity index (χ1n) is 8.91. The number of rotatable bonds is 6. The van der Waals surface area contributed by atoms with Crippen molar-refractivity contribution in [3.63, 3.8) is 0 Å². The van der Waals surface area contributed by atoms with Crippen molar-refractivity contribution in [2.75, 3.05) is 12.8 Å². The van der Waals surface area contributed by atoms with Crippen molar-refractivity contribution in [2.24, 2.45) is 0 Å². The number of halogens is 1. The molecule has 1 aromatic heterocycles. The zero-order valence-electron chi connectivity index (χ0n) is 15.8. The number of hydrogen-bond donors (Lipinski definition) is 3. The van der Waals surface area contributed by atoms with Crippen molar-refractivity contribution in [2.45, 2.75) is 13.0 Å². The van der Waals surface area contributed by atoms with Gasteiger partial charge in [-0.3, -0.25) is 9.59 Å². The number of nitrogen functional groups attached to an aromatic ring is 1. The molecule has 0 unspecified atom stereocenters. The number of anilines is 1. The predicted molar refractivity (Wildman–Crippen MR) is 112 cm³/mol. The lowest BCUT2D eigenvalue weighted by Gasteiger charge is -2.09. The lowest BCUT2D eigenvalue weighted by atomic mass is 10.1. The number of hydrogen-bond acceptors (Lipinski definition) is 5. The van der Waals surface area contributed by atoms with Gasteiger partial charge in [-0.25, -0.2) is 9.97 Å². The maximum Gasteiger partial charge on any atom is 0.273 e. The summed E-state index contributed by atoms with van der Waals surface area (Å²) in [6.07, 6.45) is 1.79. The molecule has 7 nitrogen and oxygen atoms in total. The number of nitrogens with two attached hydrogens (primary N) is 1. The fourth-order valence-electron chi connectivity index (χ4n) is 2.71. The van der Waals surface area contributed by atoms with Gasteiger partial charge in [-0.05, 0) is 29.3 Å². The number of nitrogens with zero attached hydrogens (tertiary/aromatic N) is 2. The van der Waals surface area contributed by atoms with Crippen molar-refractivity contribution in [3.05, 3.63) is 76.6 Å². The van der Waals surface area contributed by atoms with E-state index in [9.17, 15) is 9.59 Å². The molecule has 3 aromatic rings. The summed E-state index contributed by atoms with van der Waals surface area (Å²) in [6, 6.07) is 14.7. The van der Waals surface area contributed by atoms with Crippen LogP contribution in [0.15, 0.2) is 54.7 Å². The highest BCUT2D eigenvalue weighted by molar-refractivity contribution is 6.30. The number of benzene rings is 2. The van der Waals surface area contributed by atoms with Crippen LogP contribution < -0.4 is 16.4 Å². The van der Waals surface area contributed by atoms with Gasteiger partial charge in [-0.1, -0.05) is 41.9 Å². The lowest BCUT2D eigenvalue weighted by molar-refractivity contribution is -0.120. The SMILES string of the molecule is CNC(=O)c1nc(-c2cccc(CNC(=O)Cc3ccc(Cl)cc3)c2)cnc1N. The molecule has 148 valence electrons. The van der Waals surface area contributed by atoms with Crippen LogP contribution in [0.3, 0.4) is 0 Å². The molecule has 0 radical (unpaired) electrons. The quantitative estimate of drug-likeness (QED) is 0.579. The molecular weight excluding hydrogens is 390 g/mol.